The Morgan fingerprint density at radius 2 is 1.75 bits per heavy atom. The van der Waals surface area contributed by atoms with Crippen molar-refractivity contribution >= 4 is 0 Å². The summed E-state index contributed by atoms with van der Waals surface area (Å²) in [5, 5.41) is 7.28. The first-order chi connectivity index (χ1) is 7.30. The highest BCUT2D eigenvalue weighted by molar-refractivity contribution is 5.13. The lowest BCUT2D eigenvalue weighted by Gasteiger charge is -2.25. The molecule has 1 atom stereocenters. The van der Waals surface area contributed by atoms with Crippen LogP contribution in [0.15, 0.2) is 0 Å². The van der Waals surface area contributed by atoms with Crippen molar-refractivity contribution in [3.05, 3.63) is 0 Å². The largest absolute Gasteiger partial charge is 0.315 e. The average Bonchev–Trinajstić information content (AvgIpc) is 2.56. The minimum Gasteiger partial charge on any atom is -0.315 e. The molecule has 0 aromatic carbocycles. The topological polar surface area (TPSA) is 24.1 Å². The number of hydrogen-bond donors (Lipinski definition) is 2. The van der Waals surface area contributed by atoms with Gasteiger partial charge < -0.3 is 10.6 Å². The number of rotatable bonds is 4. The molecule has 94 valence electrons. The summed E-state index contributed by atoms with van der Waals surface area (Å²) >= 11 is 0. The first-order valence-corrected chi connectivity index (χ1v) is 6.75. The second-order valence-electron chi connectivity index (χ2n) is 7.22. The summed E-state index contributed by atoms with van der Waals surface area (Å²) in [6, 6.07) is 0. The van der Waals surface area contributed by atoms with Gasteiger partial charge in [-0.25, -0.2) is 0 Å². The van der Waals surface area contributed by atoms with E-state index in [1.807, 2.05) is 0 Å². The van der Waals surface area contributed by atoms with Gasteiger partial charge in [0, 0.05) is 12.1 Å². The molecule has 2 N–H and O–H groups in total. The van der Waals surface area contributed by atoms with Crippen LogP contribution in [0.2, 0.25) is 0 Å². The van der Waals surface area contributed by atoms with Crippen LogP contribution in [0.5, 0.6) is 0 Å². The maximum atomic E-state index is 3.68. The molecule has 1 unspecified atom stereocenters. The van der Waals surface area contributed by atoms with E-state index in [0.29, 0.717) is 16.4 Å². The zero-order valence-corrected chi connectivity index (χ0v) is 11.6. The molecular formula is C14H28N2. The van der Waals surface area contributed by atoms with Crippen LogP contribution in [0.4, 0.5) is 0 Å². The van der Waals surface area contributed by atoms with Gasteiger partial charge in [0.05, 0.1) is 0 Å². The second-order valence-corrected chi connectivity index (χ2v) is 7.22. The maximum Gasteiger partial charge on any atom is 0.0278 e. The molecule has 1 heterocycles. The van der Waals surface area contributed by atoms with Gasteiger partial charge in [-0.2, -0.15) is 0 Å². The van der Waals surface area contributed by atoms with Gasteiger partial charge in [-0.15, -0.1) is 0 Å². The molecular weight excluding hydrogens is 196 g/mol. The van der Waals surface area contributed by atoms with E-state index < -0.39 is 0 Å². The third-order valence-corrected chi connectivity index (χ3v) is 5.64. The Hall–Kier alpha value is -0.0800. The zero-order valence-electron chi connectivity index (χ0n) is 11.6. The van der Waals surface area contributed by atoms with Gasteiger partial charge in [0.15, 0.2) is 0 Å². The summed E-state index contributed by atoms with van der Waals surface area (Å²) in [6.45, 7) is 15.4. The molecule has 2 aliphatic rings. The number of hydrogen-bond acceptors (Lipinski definition) is 2. The highest BCUT2D eigenvalue weighted by atomic mass is 15.1. The Kier molecular flexibility index (Phi) is 2.87. The lowest BCUT2D eigenvalue weighted by molar-refractivity contribution is 0.374. The van der Waals surface area contributed by atoms with Crippen molar-refractivity contribution in [3.8, 4) is 0 Å². The van der Waals surface area contributed by atoms with Gasteiger partial charge in [0.25, 0.3) is 0 Å². The standard InChI is InChI=1S/C14H28N2/c1-12(2)11(13(12,3)4)9-15-10-14(5)7-6-8-16-14/h11,15-16H,6-10H2,1-5H3. The molecule has 0 aromatic heterocycles. The molecule has 1 aliphatic heterocycles. The monoisotopic (exact) mass is 224 g/mol. The molecule has 1 aliphatic carbocycles. The van der Waals surface area contributed by atoms with Crippen molar-refractivity contribution in [1.82, 2.24) is 10.6 Å². The Morgan fingerprint density at radius 3 is 2.19 bits per heavy atom. The van der Waals surface area contributed by atoms with Crippen molar-refractivity contribution in [2.75, 3.05) is 19.6 Å². The first kappa shape index (κ1) is 12.4. The van der Waals surface area contributed by atoms with Crippen LogP contribution in [0.3, 0.4) is 0 Å². The molecule has 0 bridgehead atoms. The SMILES string of the molecule is CC1(CNCC2C(C)(C)C2(C)C)CCCN1. The lowest BCUT2D eigenvalue weighted by atomic mass is 10.0. The van der Waals surface area contributed by atoms with Gasteiger partial charge in [-0.1, -0.05) is 27.7 Å². The number of nitrogens with one attached hydrogen (secondary N) is 2. The molecule has 16 heavy (non-hydrogen) atoms. The van der Waals surface area contributed by atoms with E-state index in [1.54, 1.807) is 0 Å². The Balaban J connectivity index is 1.74. The van der Waals surface area contributed by atoms with E-state index in [0.717, 1.165) is 12.5 Å². The summed E-state index contributed by atoms with van der Waals surface area (Å²) in [4.78, 5) is 0. The molecule has 0 aromatic rings. The molecule has 2 rings (SSSR count). The fourth-order valence-electron chi connectivity index (χ4n) is 3.44. The fourth-order valence-corrected chi connectivity index (χ4v) is 3.44. The summed E-state index contributed by atoms with van der Waals surface area (Å²) in [6.07, 6.45) is 2.65. The second kappa shape index (κ2) is 3.71. The molecule has 0 radical (unpaired) electrons. The van der Waals surface area contributed by atoms with Crippen LogP contribution < -0.4 is 10.6 Å². The highest BCUT2D eigenvalue weighted by Gasteiger charge is 2.63. The van der Waals surface area contributed by atoms with Gasteiger partial charge in [-0.05, 0) is 49.6 Å². The highest BCUT2D eigenvalue weighted by Crippen LogP contribution is 2.67. The van der Waals surface area contributed by atoms with E-state index in [4.69, 9.17) is 0 Å². The van der Waals surface area contributed by atoms with E-state index in [9.17, 15) is 0 Å². The molecule has 2 heteroatoms. The molecule has 1 saturated heterocycles. The van der Waals surface area contributed by atoms with Crippen LogP contribution >= 0.6 is 0 Å². The summed E-state index contributed by atoms with van der Waals surface area (Å²) in [5.74, 6) is 0.838. The minimum absolute atomic E-state index is 0.350. The van der Waals surface area contributed by atoms with Gasteiger partial charge in [0.1, 0.15) is 0 Å². The quantitative estimate of drug-likeness (QED) is 0.766. The summed E-state index contributed by atoms with van der Waals surface area (Å²) in [7, 11) is 0. The minimum atomic E-state index is 0.350. The van der Waals surface area contributed by atoms with Crippen LogP contribution in [0.1, 0.15) is 47.5 Å². The normalized spacial score (nSPS) is 36.6. The third kappa shape index (κ3) is 1.91. The molecule has 2 nitrogen and oxygen atoms in total. The van der Waals surface area contributed by atoms with Gasteiger partial charge in [0.2, 0.25) is 0 Å². The van der Waals surface area contributed by atoms with Crippen LogP contribution in [0, 0.1) is 16.7 Å². The predicted molar refractivity (Wildman–Crippen MR) is 69.6 cm³/mol. The van der Waals surface area contributed by atoms with Crippen LogP contribution in [0.25, 0.3) is 0 Å². The Labute approximate surface area is 101 Å². The molecule has 1 saturated carbocycles. The average molecular weight is 224 g/mol. The van der Waals surface area contributed by atoms with Crippen molar-refractivity contribution in [2.24, 2.45) is 16.7 Å². The first-order valence-electron chi connectivity index (χ1n) is 6.75. The van der Waals surface area contributed by atoms with Crippen molar-refractivity contribution in [3.63, 3.8) is 0 Å². The Bertz CT molecular complexity index is 248. The summed E-state index contributed by atoms with van der Waals surface area (Å²) < 4.78 is 0. The predicted octanol–water partition coefficient (Wildman–Crippen LogP) is 2.40. The molecule has 0 amide bonds. The third-order valence-electron chi connectivity index (χ3n) is 5.64. The van der Waals surface area contributed by atoms with Gasteiger partial charge in [-0.3, -0.25) is 0 Å². The van der Waals surface area contributed by atoms with Crippen LogP contribution in [-0.2, 0) is 0 Å². The van der Waals surface area contributed by atoms with E-state index in [1.165, 1.54) is 25.9 Å². The molecule has 0 spiro atoms. The maximum absolute atomic E-state index is 3.68. The van der Waals surface area contributed by atoms with Crippen LogP contribution in [-0.4, -0.2) is 25.2 Å². The Morgan fingerprint density at radius 1 is 1.12 bits per heavy atom. The lowest BCUT2D eigenvalue weighted by Crippen LogP contribution is -2.46. The van der Waals surface area contributed by atoms with E-state index in [-0.39, 0.29) is 0 Å². The van der Waals surface area contributed by atoms with E-state index in [2.05, 4.69) is 45.3 Å². The van der Waals surface area contributed by atoms with Gasteiger partial charge >= 0.3 is 0 Å². The fraction of sp³-hybridized carbons (Fsp3) is 1.00. The zero-order chi connectivity index (χ0) is 12.0. The smallest absolute Gasteiger partial charge is 0.0278 e. The summed E-state index contributed by atoms with van der Waals surface area (Å²) in [5.41, 5.74) is 1.39. The van der Waals surface area contributed by atoms with Crippen molar-refractivity contribution < 1.29 is 0 Å². The van der Waals surface area contributed by atoms with E-state index >= 15 is 0 Å². The van der Waals surface area contributed by atoms with Crippen molar-refractivity contribution in [2.45, 2.75) is 53.0 Å². The van der Waals surface area contributed by atoms with Crippen molar-refractivity contribution in [1.29, 1.82) is 0 Å². The molecule has 2 fully saturated rings.